The molecule has 1 atom stereocenters. The first-order valence-electron chi connectivity index (χ1n) is 7.87. The molecule has 0 aromatic heterocycles. The zero-order valence-electron chi connectivity index (χ0n) is 12.9. The van der Waals surface area contributed by atoms with Gasteiger partial charge in [0.25, 0.3) is 0 Å². The lowest BCUT2D eigenvalue weighted by molar-refractivity contribution is 0.495. The normalized spacial score (nSPS) is 16.9. The Morgan fingerprint density at radius 1 is 1.29 bits per heavy atom. The maximum absolute atomic E-state index is 12.5. The molecule has 1 aromatic rings. The Morgan fingerprint density at radius 3 is 2.67 bits per heavy atom. The fraction of sp³-hybridized carbons (Fsp3) is 0.625. The van der Waals surface area contributed by atoms with Gasteiger partial charge in [-0.05, 0) is 43.0 Å². The minimum Gasteiger partial charge on any atom is -0.313 e. The van der Waals surface area contributed by atoms with Crippen molar-refractivity contribution < 1.29 is 8.42 Å². The Bertz CT molecular complexity index is 553. The fourth-order valence-corrected chi connectivity index (χ4v) is 3.84. The summed E-state index contributed by atoms with van der Waals surface area (Å²) in [6.07, 6.45) is 4.30. The molecule has 0 saturated heterocycles. The first-order chi connectivity index (χ1) is 10.0. The Kier molecular flexibility index (Phi) is 5.79. The summed E-state index contributed by atoms with van der Waals surface area (Å²) in [7, 11) is -3.41. The number of hydrogen-bond donors (Lipinski definition) is 2. The topological polar surface area (TPSA) is 58.2 Å². The maximum atomic E-state index is 12.5. The summed E-state index contributed by atoms with van der Waals surface area (Å²) in [6, 6.07) is 7.24. The van der Waals surface area contributed by atoms with Crippen molar-refractivity contribution in [3.8, 4) is 0 Å². The lowest BCUT2D eigenvalue weighted by Gasteiger charge is -2.17. The molecule has 4 nitrogen and oxygen atoms in total. The third kappa shape index (κ3) is 5.09. The molecule has 1 aliphatic rings. The molecule has 2 N–H and O–H groups in total. The monoisotopic (exact) mass is 310 g/mol. The molecule has 1 aromatic carbocycles. The van der Waals surface area contributed by atoms with Crippen LogP contribution in [-0.2, 0) is 16.6 Å². The molecule has 21 heavy (non-hydrogen) atoms. The first-order valence-corrected chi connectivity index (χ1v) is 9.35. The van der Waals surface area contributed by atoms with Crippen LogP contribution in [0.5, 0.6) is 0 Å². The summed E-state index contributed by atoms with van der Waals surface area (Å²) in [6.45, 7) is 5.64. The van der Waals surface area contributed by atoms with Gasteiger partial charge in [0.1, 0.15) is 0 Å². The van der Waals surface area contributed by atoms with E-state index in [0.717, 1.165) is 30.9 Å². The van der Waals surface area contributed by atoms with Gasteiger partial charge in [-0.3, -0.25) is 0 Å². The van der Waals surface area contributed by atoms with Crippen molar-refractivity contribution >= 4 is 10.0 Å². The minimum atomic E-state index is -3.41. The minimum absolute atomic E-state index is 0.0555. The van der Waals surface area contributed by atoms with Gasteiger partial charge in [-0.2, -0.15) is 0 Å². The van der Waals surface area contributed by atoms with Crippen LogP contribution < -0.4 is 10.0 Å². The van der Waals surface area contributed by atoms with Crippen molar-refractivity contribution in [2.24, 2.45) is 5.92 Å². The summed E-state index contributed by atoms with van der Waals surface area (Å²) < 4.78 is 27.9. The molecular formula is C16H26N2O2S. The fourth-order valence-electron chi connectivity index (χ4n) is 2.43. The van der Waals surface area contributed by atoms with E-state index in [1.807, 2.05) is 26.0 Å². The first kappa shape index (κ1) is 16.5. The van der Waals surface area contributed by atoms with Crippen molar-refractivity contribution in [3.63, 3.8) is 0 Å². The molecule has 2 rings (SSSR count). The SMILES string of the molecule is CCNCc1cccc(S(=O)(=O)NC(CC)CC2CC2)c1. The van der Waals surface area contributed by atoms with Crippen LogP contribution in [0, 0.1) is 5.92 Å². The second-order valence-electron chi connectivity index (χ2n) is 5.83. The van der Waals surface area contributed by atoms with E-state index in [4.69, 9.17) is 0 Å². The standard InChI is InChI=1S/C16H26N2O2S/c1-3-15(10-13-8-9-13)18-21(19,20)16-7-5-6-14(11-16)12-17-4-2/h5-7,11,13,15,17-18H,3-4,8-10,12H2,1-2H3. The Labute approximate surface area is 128 Å². The number of nitrogens with one attached hydrogen (secondary N) is 2. The molecule has 0 radical (unpaired) electrons. The maximum Gasteiger partial charge on any atom is 0.240 e. The third-order valence-corrected chi connectivity index (χ3v) is 5.44. The van der Waals surface area contributed by atoms with Crippen LogP contribution in [0.4, 0.5) is 0 Å². The van der Waals surface area contributed by atoms with E-state index in [-0.39, 0.29) is 6.04 Å². The van der Waals surface area contributed by atoms with E-state index in [2.05, 4.69) is 10.0 Å². The van der Waals surface area contributed by atoms with Crippen LogP contribution >= 0.6 is 0 Å². The van der Waals surface area contributed by atoms with Crippen molar-refractivity contribution in [1.29, 1.82) is 0 Å². The molecule has 0 spiro atoms. The lowest BCUT2D eigenvalue weighted by atomic mass is 10.1. The summed E-state index contributed by atoms with van der Waals surface area (Å²) in [5.74, 6) is 0.720. The number of benzene rings is 1. The molecule has 1 saturated carbocycles. The molecule has 0 aliphatic heterocycles. The van der Waals surface area contributed by atoms with Crippen molar-refractivity contribution in [2.75, 3.05) is 6.54 Å². The largest absolute Gasteiger partial charge is 0.313 e. The van der Waals surface area contributed by atoms with Gasteiger partial charge < -0.3 is 5.32 Å². The highest BCUT2D eigenvalue weighted by Gasteiger charge is 2.27. The summed E-state index contributed by atoms with van der Waals surface area (Å²) in [4.78, 5) is 0.368. The third-order valence-electron chi connectivity index (χ3n) is 3.92. The predicted molar refractivity (Wildman–Crippen MR) is 85.6 cm³/mol. The van der Waals surface area contributed by atoms with Crippen LogP contribution in [0.1, 0.15) is 45.1 Å². The summed E-state index contributed by atoms with van der Waals surface area (Å²) >= 11 is 0. The van der Waals surface area contributed by atoms with E-state index >= 15 is 0 Å². The Balaban J connectivity index is 2.06. The van der Waals surface area contributed by atoms with Crippen LogP contribution in [0.15, 0.2) is 29.2 Å². The molecule has 118 valence electrons. The summed E-state index contributed by atoms with van der Waals surface area (Å²) in [5, 5.41) is 3.21. The highest BCUT2D eigenvalue weighted by molar-refractivity contribution is 7.89. The lowest BCUT2D eigenvalue weighted by Crippen LogP contribution is -2.34. The van der Waals surface area contributed by atoms with Crippen molar-refractivity contribution in [1.82, 2.24) is 10.0 Å². The smallest absolute Gasteiger partial charge is 0.240 e. The summed E-state index contributed by atoms with van der Waals surface area (Å²) in [5.41, 5.74) is 0.995. The van der Waals surface area contributed by atoms with Crippen molar-refractivity contribution in [3.05, 3.63) is 29.8 Å². The molecule has 0 bridgehead atoms. The zero-order chi connectivity index (χ0) is 15.3. The van der Waals surface area contributed by atoms with E-state index in [0.29, 0.717) is 11.4 Å². The van der Waals surface area contributed by atoms with Gasteiger partial charge in [-0.15, -0.1) is 0 Å². The second kappa shape index (κ2) is 7.38. The molecule has 0 amide bonds. The second-order valence-corrected chi connectivity index (χ2v) is 7.55. The van der Waals surface area contributed by atoms with Crippen LogP contribution in [0.25, 0.3) is 0 Å². The van der Waals surface area contributed by atoms with Crippen molar-refractivity contribution in [2.45, 2.75) is 57.0 Å². The highest BCUT2D eigenvalue weighted by Crippen LogP contribution is 2.34. The average Bonchev–Trinajstić information content (AvgIpc) is 3.28. The van der Waals surface area contributed by atoms with Gasteiger partial charge in [0.05, 0.1) is 4.90 Å². The van der Waals surface area contributed by atoms with Crippen LogP contribution in [-0.4, -0.2) is 21.0 Å². The van der Waals surface area contributed by atoms with Gasteiger partial charge in [0.2, 0.25) is 10.0 Å². The molecule has 1 fully saturated rings. The van der Waals surface area contributed by atoms with E-state index in [1.165, 1.54) is 12.8 Å². The van der Waals surface area contributed by atoms with E-state index in [1.54, 1.807) is 12.1 Å². The van der Waals surface area contributed by atoms with E-state index in [9.17, 15) is 8.42 Å². The molecular weight excluding hydrogens is 284 g/mol. The Morgan fingerprint density at radius 2 is 2.05 bits per heavy atom. The van der Waals surface area contributed by atoms with Gasteiger partial charge in [-0.25, -0.2) is 13.1 Å². The number of hydrogen-bond acceptors (Lipinski definition) is 3. The van der Waals surface area contributed by atoms with Crippen LogP contribution in [0.3, 0.4) is 0 Å². The van der Waals surface area contributed by atoms with E-state index < -0.39 is 10.0 Å². The quantitative estimate of drug-likeness (QED) is 0.737. The predicted octanol–water partition coefficient (Wildman–Crippen LogP) is 2.65. The van der Waals surface area contributed by atoms with Gasteiger partial charge in [-0.1, -0.05) is 38.8 Å². The number of sulfonamides is 1. The molecule has 1 unspecified atom stereocenters. The average molecular weight is 310 g/mol. The Hall–Kier alpha value is -0.910. The number of rotatable bonds is 9. The van der Waals surface area contributed by atoms with Gasteiger partial charge >= 0.3 is 0 Å². The van der Waals surface area contributed by atoms with Gasteiger partial charge in [0.15, 0.2) is 0 Å². The highest BCUT2D eigenvalue weighted by atomic mass is 32.2. The molecule has 0 heterocycles. The molecule has 5 heteroatoms. The van der Waals surface area contributed by atoms with Crippen LogP contribution in [0.2, 0.25) is 0 Å². The van der Waals surface area contributed by atoms with Gasteiger partial charge in [0, 0.05) is 12.6 Å². The molecule has 1 aliphatic carbocycles. The zero-order valence-corrected chi connectivity index (χ0v) is 13.7.